The summed E-state index contributed by atoms with van der Waals surface area (Å²) in [5.41, 5.74) is 2.15. The number of benzene rings is 2. The highest BCUT2D eigenvalue weighted by atomic mass is 79.9. The van der Waals surface area contributed by atoms with Crippen LogP contribution in [-0.2, 0) is 6.54 Å². The quantitative estimate of drug-likeness (QED) is 0.748. The van der Waals surface area contributed by atoms with E-state index < -0.39 is 0 Å². The minimum absolute atomic E-state index is 0.0223. The summed E-state index contributed by atoms with van der Waals surface area (Å²) in [6.45, 7) is 2.70. The van der Waals surface area contributed by atoms with Crippen molar-refractivity contribution in [3.63, 3.8) is 0 Å². The SMILES string of the molecule is CCn1c(-c2c(O)cccc2O)nc2cc(Br)ccc21. The third-order valence-electron chi connectivity index (χ3n) is 3.27. The van der Waals surface area contributed by atoms with Gasteiger partial charge >= 0.3 is 0 Å². The second-order valence-corrected chi connectivity index (χ2v) is 5.40. The van der Waals surface area contributed by atoms with Crippen molar-refractivity contribution in [3.8, 4) is 22.9 Å². The normalized spacial score (nSPS) is 11.1. The molecule has 0 bridgehead atoms. The fourth-order valence-corrected chi connectivity index (χ4v) is 2.72. The van der Waals surface area contributed by atoms with Gasteiger partial charge in [0.05, 0.1) is 11.0 Å². The molecule has 0 fully saturated rings. The third kappa shape index (κ3) is 1.94. The van der Waals surface area contributed by atoms with Gasteiger partial charge in [-0.15, -0.1) is 0 Å². The molecule has 0 radical (unpaired) electrons. The number of aryl methyl sites for hydroxylation is 1. The number of rotatable bonds is 2. The molecular weight excluding hydrogens is 320 g/mol. The summed E-state index contributed by atoms with van der Waals surface area (Å²) in [5, 5.41) is 20.0. The van der Waals surface area contributed by atoms with Gasteiger partial charge in [-0.05, 0) is 37.3 Å². The number of nitrogens with zero attached hydrogens (tertiary/aromatic N) is 2. The van der Waals surface area contributed by atoms with Crippen molar-refractivity contribution in [2.45, 2.75) is 13.5 Å². The van der Waals surface area contributed by atoms with Crippen molar-refractivity contribution < 1.29 is 10.2 Å². The first-order valence-corrected chi connectivity index (χ1v) is 7.08. The summed E-state index contributed by atoms with van der Waals surface area (Å²) < 4.78 is 2.91. The molecule has 3 rings (SSSR count). The van der Waals surface area contributed by atoms with Crippen molar-refractivity contribution >= 4 is 27.0 Å². The molecule has 1 heterocycles. The molecule has 0 saturated carbocycles. The van der Waals surface area contributed by atoms with Crippen LogP contribution in [0.2, 0.25) is 0 Å². The van der Waals surface area contributed by atoms with E-state index in [4.69, 9.17) is 0 Å². The molecule has 0 atom stereocenters. The van der Waals surface area contributed by atoms with Gasteiger partial charge < -0.3 is 14.8 Å². The largest absolute Gasteiger partial charge is 0.507 e. The molecule has 0 saturated heterocycles. The lowest BCUT2D eigenvalue weighted by Crippen LogP contribution is -1.97. The van der Waals surface area contributed by atoms with Crippen molar-refractivity contribution in [1.82, 2.24) is 9.55 Å². The smallest absolute Gasteiger partial charge is 0.148 e. The molecule has 2 aromatic carbocycles. The van der Waals surface area contributed by atoms with Gasteiger partial charge in [0.2, 0.25) is 0 Å². The molecule has 0 spiro atoms. The lowest BCUT2D eigenvalue weighted by molar-refractivity contribution is 0.453. The van der Waals surface area contributed by atoms with Crippen LogP contribution in [0, 0.1) is 0 Å². The van der Waals surface area contributed by atoms with Crippen molar-refractivity contribution in [2.75, 3.05) is 0 Å². The van der Waals surface area contributed by atoms with E-state index in [9.17, 15) is 10.2 Å². The Morgan fingerprint density at radius 2 is 1.85 bits per heavy atom. The topological polar surface area (TPSA) is 58.3 Å². The number of phenols is 2. The van der Waals surface area contributed by atoms with Crippen molar-refractivity contribution in [3.05, 3.63) is 40.9 Å². The summed E-state index contributed by atoms with van der Waals surface area (Å²) in [5.74, 6) is 0.611. The number of imidazole rings is 1. The highest BCUT2D eigenvalue weighted by Gasteiger charge is 2.18. The van der Waals surface area contributed by atoms with Crippen LogP contribution in [0.1, 0.15) is 6.92 Å². The zero-order valence-electron chi connectivity index (χ0n) is 10.8. The monoisotopic (exact) mass is 332 g/mol. The molecule has 20 heavy (non-hydrogen) atoms. The Bertz CT molecular complexity index is 776. The van der Waals surface area contributed by atoms with Crippen LogP contribution in [0.15, 0.2) is 40.9 Å². The summed E-state index contributed by atoms with van der Waals surface area (Å²) >= 11 is 3.43. The maximum absolute atomic E-state index is 10.0. The fraction of sp³-hybridized carbons (Fsp3) is 0.133. The zero-order valence-corrected chi connectivity index (χ0v) is 12.4. The highest BCUT2D eigenvalue weighted by Crippen LogP contribution is 2.38. The minimum atomic E-state index is 0.0223. The Morgan fingerprint density at radius 3 is 2.50 bits per heavy atom. The molecule has 3 aromatic rings. The molecule has 0 unspecified atom stereocenters. The second kappa shape index (κ2) is 4.83. The predicted octanol–water partition coefficient (Wildman–Crippen LogP) is 3.90. The van der Waals surface area contributed by atoms with Gasteiger partial charge in [0.25, 0.3) is 0 Å². The van der Waals surface area contributed by atoms with E-state index in [0.717, 1.165) is 15.5 Å². The average molecular weight is 333 g/mol. The Morgan fingerprint density at radius 1 is 1.15 bits per heavy atom. The molecule has 0 aliphatic rings. The van der Waals surface area contributed by atoms with Gasteiger partial charge in [-0.1, -0.05) is 22.0 Å². The molecule has 0 aliphatic carbocycles. The standard InChI is InChI=1S/C15H13BrN2O2/c1-2-18-11-7-6-9(16)8-10(11)17-15(18)14-12(19)4-3-5-13(14)20/h3-8,19-20H,2H2,1H3. The van der Waals surface area contributed by atoms with Crippen molar-refractivity contribution in [2.24, 2.45) is 0 Å². The second-order valence-electron chi connectivity index (χ2n) is 4.48. The van der Waals surface area contributed by atoms with E-state index in [1.807, 2.05) is 29.7 Å². The molecule has 102 valence electrons. The van der Waals surface area contributed by atoms with Crippen molar-refractivity contribution in [1.29, 1.82) is 0 Å². The first-order valence-electron chi connectivity index (χ1n) is 6.29. The number of fused-ring (bicyclic) bond motifs is 1. The van der Waals surface area contributed by atoms with Crippen LogP contribution in [-0.4, -0.2) is 19.8 Å². The summed E-state index contributed by atoms with van der Waals surface area (Å²) in [7, 11) is 0. The molecule has 0 amide bonds. The van der Waals surface area contributed by atoms with Crippen LogP contribution in [0.3, 0.4) is 0 Å². The lowest BCUT2D eigenvalue weighted by atomic mass is 10.1. The van der Waals surface area contributed by atoms with Gasteiger partial charge in [-0.3, -0.25) is 0 Å². The fourth-order valence-electron chi connectivity index (χ4n) is 2.37. The summed E-state index contributed by atoms with van der Waals surface area (Å²) in [4.78, 5) is 4.55. The maximum atomic E-state index is 10.0. The van der Waals surface area contributed by atoms with Gasteiger partial charge in [0.1, 0.15) is 22.9 Å². The van der Waals surface area contributed by atoms with Gasteiger partial charge in [-0.2, -0.15) is 0 Å². The van der Waals surface area contributed by atoms with Crippen LogP contribution in [0.25, 0.3) is 22.4 Å². The number of hydrogen-bond acceptors (Lipinski definition) is 3. The molecule has 0 aliphatic heterocycles. The van der Waals surface area contributed by atoms with Crippen LogP contribution in [0.4, 0.5) is 0 Å². The highest BCUT2D eigenvalue weighted by molar-refractivity contribution is 9.10. The molecule has 1 aromatic heterocycles. The number of hydrogen-bond donors (Lipinski definition) is 2. The molecular formula is C15H13BrN2O2. The molecule has 5 heteroatoms. The Kier molecular flexibility index (Phi) is 3.14. The van der Waals surface area contributed by atoms with Crippen LogP contribution in [0.5, 0.6) is 11.5 Å². The maximum Gasteiger partial charge on any atom is 0.148 e. The first kappa shape index (κ1) is 13.0. The number of phenolic OH excluding ortho intramolecular Hbond substituents is 2. The van der Waals surface area contributed by atoms with Gasteiger partial charge in [-0.25, -0.2) is 4.98 Å². The predicted molar refractivity (Wildman–Crippen MR) is 81.9 cm³/mol. The van der Waals surface area contributed by atoms with Gasteiger partial charge in [0, 0.05) is 11.0 Å². The van der Waals surface area contributed by atoms with E-state index in [1.54, 1.807) is 18.2 Å². The lowest BCUT2D eigenvalue weighted by Gasteiger charge is -2.09. The van der Waals surface area contributed by atoms with Crippen LogP contribution < -0.4 is 0 Å². The van der Waals surface area contributed by atoms with E-state index in [0.29, 0.717) is 17.9 Å². The van der Waals surface area contributed by atoms with E-state index in [1.165, 1.54) is 0 Å². The summed E-state index contributed by atoms with van der Waals surface area (Å²) in [6.07, 6.45) is 0. The summed E-state index contributed by atoms with van der Waals surface area (Å²) in [6, 6.07) is 10.5. The zero-order chi connectivity index (χ0) is 14.3. The third-order valence-corrected chi connectivity index (χ3v) is 3.76. The van der Waals surface area contributed by atoms with Crippen LogP contribution >= 0.6 is 15.9 Å². The van der Waals surface area contributed by atoms with E-state index in [2.05, 4.69) is 20.9 Å². The number of halogens is 1. The average Bonchev–Trinajstić information content (AvgIpc) is 2.75. The van der Waals surface area contributed by atoms with Gasteiger partial charge in [0.15, 0.2) is 0 Å². The number of aromatic nitrogens is 2. The Balaban J connectivity index is 2.36. The molecule has 4 nitrogen and oxygen atoms in total. The minimum Gasteiger partial charge on any atom is -0.507 e. The Labute approximate surface area is 124 Å². The van der Waals surface area contributed by atoms with E-state index >= 15 is 0 Å². The van der Waals surface area contributed by atoms with E-state index in [-0.39, 0.29) is 11.5 Å². The Hall–Kier alpha value is -2.01. The molecule has 2 N–H and O–H groups in total. The number of aromatic hydroxyl groups is 2. The first-order chi connectivity index (χ1) is 9.61.